The number of nitrogens with one attached hydrogen (secondary N) is 1. The molecule has 2 atom stereocenters. The van der Waals surface area contributed by atoms with Crippen molar-refractivity contribution in [3.8, 4) is 6.01 Å². The number of carbonyl (C=O) groups excluding carboxylic acids is 1. The van der Waals surface area contributed by atoms with Crippen LogP contribution < -0.4 is 10.1 Å². The van der Waals surface area contributed by atoms with Gasteiger partial charge in [0.2, 0.25) is 6.10 Å². The molecule has 1 aromatic heterocycles. The highest BCUT2D eigenvalue weighted by atomic mass is 16.5. The lowest BCUT2D eigenvalue weighted by atomic mass is 9.69. The maximum Gasteiger partial charge on any atom is 0.317 e. The van der Waals surface area contributed by atoms with Crippen molar-refractivity contribution in [2.75, 3.05) is 18.4 Å². The van der Waals surface area contributed by atoms with Crippen molar-refractivity contribution in [2.45, 2.75) is 25.5 Å². The van der Waals surface area contributed by atoms with E-state index < -0.39 is 11.6 Å². The Morgan fingerprint density at radius 1 is 1.03 bits per heavy atom. The van der Waals surface area contributed by atoms with Gasteiger partial charge in [-0.25, -0.2) is 9.97 Å². The summed E-state index contributed by atoms with van der Waals surface area (Å²) in [6, 6.07) is 20.3. The monoisotopic (exact) mass is 386 g/mol. The van der Waals surface area contributed by atoms with Crippen LogP contribution in [0.15, 0.2) is 60.7 Å². The van der Waals surface area contributed by atoms with Gasteiger partial charge in [-0.1, -0.05) is 48.5 Å². The molecule has 5 rings (SSSR count). The summed E-state index contributed by atoms with van der Waals surface area (Å²) in [5.74, 6) is -0.0462. The molecule has 2 aliphatic heterocycles. The Hall–Kier alpha value is -3.41. The standard InChI is InChI=1S/C23H22N4O2/c1-15-14-16(2)26-22(25-15)29-20-21(28)27-13-12-24-19-11-7-6-10-18(19)23(20,27)17-8-4-3-5-9-17/h3-11,14,20,24H,12-13H2,1-2H3/t20-,23+/m1/s1. The van der Waals surface area contributed by atoms with Crippen LogP contribution in [0.25, 0.3) is 0 Å². The number of nitrogens with zero attached hydrogens (tertiary/aromatic N) is 3. The molecule has 0 radical (unpaired) electrons. The largest absolute Gasteiger partial charge is 0.447 e. The van der Waals surface area contributed by atoms with Gasteiger partial charge in [-0.15, -0.1) is 0 Å². The molecule has 146 valence electrons. The van der Waals surface area contributed by atoms with E-state index in [0.717, 1.165) is 28.2 Å². The number of hydrogen-bond donors (Lipinski definition) is 1. The molecule has 0 spiro atoms. The first kappa shape index (κ1) is 17.7. The smallest absolute Gasteiger partial charge is 0.317 e. The summed E-state index contributed by atoms with van der Waals surface area (Å²) in [6.45, 7) is 5.07. The molecule has 0 saturated carbocycles. The normalized spacial score (nSPS) is 22.6. The molecule has 6 nitrogen and oxygen atoms in total. The number of carbonyl (C=O) groups is 1. The van der Waals surface area contributed by atoms with Gasteiger partial charge in [-0.2, -0.15) is 0 Å². The van der Waals surface area contributed by atoms with Gasteiger partial charge in [-0.05, 0) is 31.5 Å². The van der Waals surface area contributed by atoms with E-state index >= 15 is 0 Å². The summed E-state index contributed by atoms with van der Waals surface area (Å²) >= 11 is 0. The lowest BCUT2D eigenvalue weighted by molar-refractivity contribution is -0.176. The topological polar surface area (TPSA) is 67.3 Å². The summed E-state index contributed by atoms with van der Waals surface area (Å²) in [7, 11) is 0. The second kappa shape index (κ2) is 6.58. The third kappa shape index (κ3) is 2.59. The highest BCUT2D eigenvalue weighted by Gasteiger charge is 2.65. The number of fused-ring (bicyclic) bond motifs is 3. The molecule has 0 bridgehead atoms. The number of para-hydroxylation sites is 1. The molecule has 0 aliphatic carbocycles. The Morgan fingerprint density at radius 2 is 1.72 bits per heavy atom. The zero-order valence-corrected chi connectivity index (χ0v) is 16.4. The van der Waals surface area contributed by atoms with Gasteiger partial charge >= 0.3 is 6.01 Å². The minimum Gasteiger partial charge on any atom is -0.447 e. The van der Waals surface area contributed by atoms with E-state index in [-0.39, 0.29) is 11.9 Å². The first-order valence-electron chi connectivity index (χ1n) is 9.80. The molecular weight excluding hydrogens is 364 g/mol. The molecule has 3 heterocycles. The van der Waals surface area contributed by atoms with Crippen LogP contribution in [-0.4, -0.2) is 40.0 Å². The number of rotatable bonds is 3. The van der Waals surface area contributed by atoms with Crippen molar-refractivity contribution >= 4 is 11.6 Å². The zero-order valence-electron chi connectivity index (χ0n) is 16.4. The van der Waals surface area contributed by atoms with Crippen LogP contribution in [0.2, 0.25) is 0 Å². The second-order valence-corrected chi connectivity index (χ2v) is 7.53. The quantitative estimate of drug-likeness (QED) is 0.701. The average molecular weight is 386 g/mol. The minimum atomic E-state index is -0.729. The van der Waals surface area contributed by atoms with E-state index in [1.165, 1.54) is 0 Å². The summed E-state index contributed by atoms with van der Waals surface area (Å²) in [5, 5.41) is 3.46. The van der Waals surface area contributed by atoms with E-state index in [1.54, 1.807) is 0 Å². The summed E-state index contributed by atoms with van der Waals surface area (Å²) < 4.78 is 6.22. The van der Waals surface area contributed by atoms with Crippen LogP contribution in [-0.2, 0) is 10.3 Å². The van der Waals surface area contributed by atoms with Crippen LogP contribution >= 0.6 is 0 Å². The fourth-order valence-corrected chi connectivity index (χ4v) is 4.56. The van der Waals surface area contributed by atoms with Gasteiger partial charge in [0, 0.05) is 35.7 Å². The molecule has 1 saturated heterocycles. The molecule has 29 heavy (non-hydrogen) atoms. The maximum atomic E-state index is 13.2. The highest BCUT2D eigenvalue weighted by molar-refractivity contribution is 5.94. The Morgan fingerprint density at radius 3 is 2.48 bits per heavy atom. The maximum absolute atomic E-state index is 13.2. The fourth-order valence-electron chi connectivity index (χ4n) is 4.56. The van der Waals surface area contributed by atoms with E-state index in [1.807, 2.05) is 55.1 Å². The predicted octanol–water partition coefficient (Wildman–Crippen LogP) is 3.05. The van der Waals surface area contributed by atoms with E-state index in [0.29, 0.717) is 13.1 Å². The molecule has 0 unspecified atom stereocenters. The fraction of sp³-hybridized carbons (Fsp3) is 0.261. The van der Waals surface area contributed by atoms with Crippen LogP contribution in [0.1, 0.15) is 22.5 Å². The van der Waals surface area contributed by atoms with Gasteiger partial charge in [0.05, 0.1) is 0 Å². The number of aromatic nitrogens is 2. The van der Waals surface area contributed by atoms with Crippen molar-refractivity contribution in [1.29, 1.82) is 0 Å². The van der Waals surface area contributed by atoms with Crippen LogP contribution in [0, 0.1) is 13.8 Å². The molecule has 2 aliphatic rings. The molecule has 6 heteroatoms. The van der Waals surface area contributed by atoms with Gasteiger partial charge in [0.1, 0.15) is 5.54 Å². The number of aryl methyl sites for hydroxylation is 2. The predicted molar refractivity (Wildman–Crippen MR) is 110 cm³/mol. The number of anilines is 1. The van der Waals surface area contributed by atoms with E-state index in [2.05, 4.69) is 39.6 Å². The molecule has 1 fully saturated rings. The molecule has 1 N–H and O–H groups in total. The first-order chi connectivity index (χ1) is 14.1. The van der Waals surface area contributed by atoms with Gasteiger partial charge in [-0.3, -0.25) is 4.79 Å². The molecule has 2 aromatic carbocycles. The van der Waals surface area contributed by atoms with Crippen molar-refractivity contribution < 1.29 is 9.53 Å². The first-order valence-corrected chi connectivity index (χ1v) is 9.80. The lowest BCUT2D eigenvalue weighted by Crippen LogP contribution is -2.74. The van der Waals surface area contributed by atoms with Crippen LogP contribution in [0.3, 0.4) is 0 Å². The summed E-state index contributed by atoms with van der Waals surface area (Å²) in [4.78, 5) is 24.0. The SMILES string of the molecule is Cc1cc(C)nc(O[C@@H]2C(=O)N3CCNc4ccccc4[C@@]23c2ccccc2)n1. The number of benzene rings is 2. The van der Waals surface area contributed by atoms with Crippen molar-refractivity contribution in [3.63, 3.8) is 0 Å². The molecule has 3 aromatic rings. The minimum absolute atomic E-state index is 0.0462. The van der Waals surface area contributed by atoms with E-state index in [9.17, 15) is 4.79 Å². The molecular formula is C23H22N4O2. The van der Waals surface area contributed by atoms with Crippen molar-refractivity contribution in [1.82, 2.24) is 14.9 Å². The summed E-state index contributed by atoms with van der Waals surface area (Å²) in [5.41, 5.74) is 3.96. The van der Waals surface area contributed by atoms with Gasteiger partial charge in [0.15, 0.2) is 0 Å². The average Bonchev–Trinajstić information content (AvgIpc) is 2.87. The van der Waals surface area contributed by atoms with Crippen molar-refractivity contribution in [2.24, 2.45) is 0 Å². The number of hydrogen-bond acceptors (Lipinski definition) is 5. The lowest BCUT2D eigenvalue weighted by Gasteiger charge is -2.56. The van der Waals surface area contributed by atoms with E-state index in [4.69, 9.17) is 4.74 Å². The molecule has 1 amide bonds. The Labute approximate surface area is 169 Å². The Balaban J connectivity index is 1.70. The summed E-state index contributed by atoms with van der Waals surface area (Å²) in [6.07, 6.45) is -0.729. The van der Waals surface area contributed by atoms with Gasteiger partial charge < -0.3 is 15.0 Å². The number of ether oxygens (including phenoxy) is 1. The Kier molecular flexibility index (Phi) is 4.01. The van der Waals surface area contributed by atoms with Crippen molar-refractivity contribution in [3.05, 3.63) is 83.2 Å². The second-order valence-electron chi connectivity index (χ2n) is 7.53. The zero-order chi connectivity index (χ0) is 20.0. The number of amides is 1. The third-order valence-electron chi connectivity index (χ3n) is 5.68. The van der Waals surface area contributed by atoms with Crippen LogP contribution in [0.5, 0.6) is 6.01 Å². The van der Waals surface area contributed by atoms with Gasteiger partial charge in [0.25, 0.3) is 5.91 Å². The third-order valence-corrected chi connectivity index (χ3v) is 5.68. The number of β-lactam (4-membered cyclic amide) rings is 1. The Bertz CT molecular complexity index is 1060. The van der Waals surface area contributed by atoms with Crippen LogP contribution in [0.4, 0.5) is 5.69 Å². The highest BCUT2D eigenvalue weighted by Crippen LogP contribution is 2.51.